The Morgan fingerprint density at radius 3 is 2.31 bits per heavy atom. The van der Waals surface area contributed by atoms with Crippen LogP contribution in [0.1, 0.15) is 18.1 Å². The van der Waals surface area contributed by atoms with Crippen LogP contribution < -0.4 is 9.47 Å². The number of benzene rings is 2. The van der Waals surface area contributed by atoms with Gasteiger partial charge in [0, 0.05) is 7.11 Å². The zero-order chi connectivity index (χ0) is 18.8. The van der Waals surface area contributed by atoms with Gasteiger partial charge in [0.2, 0.25) is 0 Å². The molecule has 0 N–H and O–H groups in total. The summed E-state index contributed by atoms with van der Waals surface area (Å²) in [5.41, 5.74) is 1.71. The van der Waals surface area contributed by atoms with E-state index >= 15 is 0 Å². The third-order valence-corrected chi connectivity index (χ3v) is 3.59. The third-order valence-electron chi connectivity index (χ3n) is 3.59. The number of carbonyl (C=O) groups is 1. The summed E-state index contributed by atoms with van der Waals surface area (Å²) in [4.78, 5) is 12.2. The molecule has 0 saturated heterocycles. The van der Waals surface area contributed by atoms with Gasteiger partial charge in [-0.1, -0.05) is 43.0 Å². The first-order valence-corrected chi connectivity index (χ1v) is 8.45. The van der Waals surface area contributed by atoms with Crippen LogP contribution in [0.15, 0.2) is 55.1 Å². The van der Waals surface area contributed by atoms with E-state index in [4.69, 9.17) is 18.9 Å². The molecule has 5 heteroatoms. The first kappa shape index (κ1) is 19.5. The van der Waals surface area contributed by atoms with Crippen LogP contribution in [0.4, 0.5) is 0 Å². The fourth-order valence-electron chi connectivity index (χ4n) is 2.34. The summed E-state index contributed by atoms with van der Waals surface area (Å²) in [6, 6.07) is 15.1. The van der Waals surface area contributed by atoms with Gasteiger partial charge < -0.3 is 18.9 Å². The van der Waals surface area contributed by atoms with Crippen LogP contribution in [0.5, 0.6) is 11.5 Å². The summed E-state index contributed by atoms with van der Waals surface area (Å²) >= 11 is 0. The number of rotatable bonds is 10. The highest BCUT2D eigenvalue weighted by Crippen LogP contribution is 2.35. The second-order valence-electron chi connectivity index (χ2n) is 5.44. The Morgan fingerprint density at radius 2 is 1.65 bits per heavy atom. The first-order valence-electron chi connectivity index (χ1n) is 8.45. The number of hydrogen-bond acceptors (Lipinski definition) is 5. The molecule has 0 heterocycles. The molecule has 5 nitrogen and oxygen atoms in total. The molecule has 0 aliphatic carbocycles. The average molecular weight is 356 g/mol. The molecule has 0 unspecified atom stereocenters. The summed E-state index contributed by atoms with van der Waals surface area (Å²) in [5, 5.41) is 0. The lowest BCUT2D eigenvalue weighted by Gasteiger charge is -2.17. The van der Waals surface area contributed by atoms with E-state index in [9.17, 15) is 4.79 Å². The maximum Gasteiger partial charge on any atom is 0.338 e. The molecule has 138 valence electrons. The molecular weight excluding hydrogens is 332 g/mol. The maximum absolute atomic E-state index is 12.2. The lowest BCUT2D eigenvalue weighted by molar-refractivity contribution is -0.136. The van der Waals surface area contributed by atoms with Gasteiger partial charge in [-0.25, -0.2) is 4.79 Å². The van der Waals surface area contributed by atoms with Crippen LogP contribution >= 0.6 is 0 Å². The highest BCUT2D eigenvalue weighted by molar-refractivity contribution is 6.17. The van der Waals surface area contributed by atoms with E-state index in [1.807, 2.05) is 36.4 Å². The molecule has 0 amide bonds. The van der Waals surface area contributed by atoms with E-state index in [-0.39, 0.29) is 12.2 Å². The van der Waals surface area contributed by atoms with E-state index in [2.05, 4.69) is 6.58 Å². The summed E-state index contributed by atoms with van der Waals surface area (Å²) in [6.45, 7) is 7.05. The summed E-state index contributed by atoms with van der Waals surface area (Å²) in [5.74, 6) is 0.521. The van der Waals surface area contributed by atoms with Crippen molar-refractivity contribution in [3.63, 3.8) is 0 Å². The standard InChI is InChI=1S/C21H24O5/c1-4-24-21(22)16(2)20-18(25-14-13-23-3)11-8-12-19(20)26-15-17-9-6-5-7-10-17/h5-12H,2,4,13-15H2,1,3H3. The fraction of sp³-hybridized carbons (Fsp3) is 0.286. The van der Waals surface area contributed by atoms with Gasteiger partial charge in [0.25, 0.3) is 0 Å². The topological polar surface area (TPSA) is 54.0 Å². The van der Waals surface area contributed by atoms with E-state index in [1.165, 1.54) is 0 Å². The van der Waals surface area contributed by atoms with Crippen molar-refractivity contribution in [3.05, 3.63) is 66.2 Å². The molecule has 0 aromatic heterocycles. The minimum atomic E-state index is -0.500. The van der Waals surface area contributed by atoms with Crippen molar-refractivity contribution >= 4 is 11.5 Å². The van der Waals surface area contributed by atoms with Gasteiger partial charge in [0.1, 0.15) is 24.7 Å². The number of esters is 1. The van der Waals surface area contributed by atoms with E-state index < -0.39 is 5.97 Å². The number of ether oxygens (including phenoxy) is 4. The lowest BCUT2D eigenvalue weighted by atomic mass is 10.0. The van der Waals surface area contributed by atoms with Crippen molar-refractivity contribution in [1.82, 2.24) is 0 Å². The Labute approximate surface area is 154 Å². The lowest BCUT2D eigenvalue weighted by Crippen LogP contribution is -2.11. The van der Waals surface area contributed by atoms with Crippen LogP contribution in [0.25, 0.3) is 5.57 Å². The van der Waals surface area contributed by atoms with Crippen molar-refractivity contribution in [3.8, 4) is 11.5 Å². The highest BCUT2D eigenvalue weighted by atomic mass is 16.5. The van der Waals surface area contributed by atoms with Gasteiger partial charge in [-0.2, -0.15) is 0 Å². The Hall–Kier alpha value is -2.79. The summed E-state index contributed by atoms with van der Waals surface area (Å²) in [6.07, 6.45) is 0. The van der Waals surface area contributed by atoms with Gasteiger partial charge in [0.05, 0.1) is 24.4 Å². The van der Waals surface area contributed by atoms with Crippen LogP contribution in [0.2, 0.25) is 0 Å². The smallest absolute Gasteiger partial charge is 0.338 e. The van der Waals surface area contributed by atoms with Crippen molar-refractivity contribution < 1.29 is 23.7 Å². The monoisotopic (exact) mass is 356 g/mol. The molecule has 2 rings (SSSR count). The second kappa shape index (κ2) is 10.3. The van der Waals surface area contributed by atoms with Crippen molar-refractivity contribution in [2.75, 3.05) is 26.9 Å². The molecule has 0 aliphatic rings. The predicted molar refractivity (Wildman–Crippen MR) is 100 cm³/mol. The number of methoxy groups -OCH3 is 1. The molecule has 0 saturated carbocycles. The molecule has 0 spiro atoms. The normalized spacial score (nSPS) is 10.2. The molecule has 0 atom stereocenters. The quantitative estimate of drug-likeness (QED) is 0.367. The van der Waals surface area contributed by atoms with Gasteiger partial charge >= 0.3 is 5.97 Å². The molecule has 26 heavy (non-hydrogen) atoms. The number of hydrogen-bond donors (Lipinski definition) is 0. The fourth-order valence-corrected chi connectivity index (χ4v) is 2.34. The molecule has 0 fully saturated rings. The van der Waals surface area contributed by atoms with Crippen LogP contribution in [-0.4, -0.2) is 32.9 Å². The molecule has 0 aliphatic heterocycles. The zero-order valence-corrected chi connectivity index (χ0v) is 15.2. The van der Waals surface area contributed by atoms with Gasteiger partial charge in [-0.15, -0.1) is 0 Å². The molecule has 2 aromatic rings. The van der Waals surface area contributed by atoms with Crippen LogP contribution in [0.3, 0.4) is 0 Å². The van der Waals surface area contributed by atoms with Gasteiger partial charge in [-0.3, -0.25) is 0 Å². The van der Waals surface area contributed by atoms with Crippen LogP contribution in [-0.2, 0) is 20.9 Å². The van der Waals surface area contributed by atoms with Gasteiger partial charge in [0.15, 0.2) is 0 Å². The maximum atomic E-state index is 12.2. The van der Waals surface area contributed by atoms with E-state index in [0.717, 1.165) is 5.56 Å². The first-order chi connectivity index (χ1) is 12.7. The Bertz CT molecular complexity index is 724. The molecular formula is C21H24O5. The molecule has 0 radical (unpaired) electrons. The van der Waals surface area contributed by atoms with Crippen LogP contribution in [0, 0.1) is 0 Å². The Morgan fingerprint density at radius 1 is 0.962 bits per heavy atom. The Kier molecular flexibility index (Phi) is 7.71. The highest BCUT2D eigenvalue weighted by Gasteiger charge is 2.20. The van der Waals surface area contributed by atoms with Crippen molar-refractivity contribution in [2.45, 2.75) is 13.5 Å². The summed E-state index contributed by atoms with van der Waals surface area (Å²) in [7, 11) is 1.60. The SMILES string of the molecule is C=C(C(=O)OCC)c1c(OCCOC)cccc1OCc1ccccc1. The van der Waals surface area contributed by atoms with E-state index in [0.29, 0.717) is 36.9 Å². The molecule has 2 aromatic carbocycles. The largest absolute Gasteiger partial charge is 0.490 e. The zero-order valence-electron chi connectivity index (χ0n) is 15.2. The Balaban J connectivity index is 2.28. The van der Waals surface area contributed by atoms with Crippen molar-refractivity contribution in [2.24, 2.45) is 0 Å². The third kappa shape index (κ3) is 5.36. The molecule has 0 bridgehead atoms. The van der Waals surface area contributed by atoms with Crippen molar-refractivity contribution in [1.29, 1.82) is 0 Å². The van der Waals surface area contributed by atoms with E-state index in [1.54, 1.807) is 26.2 Å². The minimum absolute atomic E-state index is 0.197. The predicted octanol–water partition coefficient (Wildman–Crippen LogP) is 3.87. The minimum Gasteiger partial charge on any atom is -0.490 e. The van der Waals surface area contributed by atoms with Gasteiger partial charge in [-0.05, 0) is 24.6 Å². The second-order valence-corrected chi connectivity index (χ2v) is 5.44. The number of carbonyl (C=O) groups excluding carboxylic acids is 1. The average Bonchev–Trinajstić information content (AvgIpc) is 2.67. The summed E-state index contributed by atoms with van der Waals surface area (Å²) < 4.78 is 21.8.